The molecule has 1 saturated carbocycles. The molecule has 0 aromatic rings. The maximum Gasteiger partial charge on any atom is 0.105 e. The number of fused-ring (bicyclic) bond motifs is 1. The van der Waals surface area contributed by atoms with Gasteiger partial charge in [-0.2, -0.15) is 0 Å². The molecule has 2 nitrogen and oxygen atoms in total. The molecule has 2 heteroatoms. The molecule has 2 fully saturated rings. The number of nitrogens with one attached hydrogen (secondary N) is 1. The lowest BCUT2D eigenvalue weighted by atomic mass is 9.65. The average molecular weight is 183 g/mol. The SMILES string of the molecule is CC1CC(O)NC2(C)CCCCC12. The Bertz CT molecular complexity index is 195. The van der Waals surface area contributed by atoms with Crippen LogP contribution in [0.2, 0.25) is 0 Å². The average Bonchev–Trinajstić information content (AvgIpc) is 2.01. The van der Waals surface area contributed by atoms with Crippen LogP contribution in [0, 0.1) is 11.8 Å². The highest BCUT2D eigenvalue weighted by atomic mass is 16.3. The van der Waals surface area contributed by atoms with E-state index in [2.05, 4.69) is 19.2 Å². The number of aliphatic hydroxyl groups is 1. The molecule has 0 aromatic carbocycles. The van der Waals surface area contributed by atoms with Crippen molar-refractivity contribution >= 4 is 0 Å². The number of rotatable bonds is 0. The Morgan fingerprint density at radius 1 is 1.38 bits per heavy atom. The van der Waals surface area contributed by atoms with Crippen molar-refractivity contribution in [3.8, 4) is 0 Å². The Kier molecular flexibility index (Phi) is 2.37. The summed E-state index contributed by atoms with van der Waals surface area (Å²) in [7, 11) is 0. The minimum atomic E-state index is -0.269. The molecule has 1 aliphatic heterocycles. The first-order valence-corrected chi connectivity index (χ1v) is 5.57. The minimum Gasteiger partial charge on any atom is -0.379 e. The fraction of sp³-hybridized carbons (Fsp3) is 1.00. The largest absolute Gasteiger partial charge is 0.379 e. The van der Waals surface area contributed by atoms with Crippen molar-refractivity contribution in [1.29, 1.82) is 0 Å². The quantitative estimate of drug-likeness (QED) is 0.601. The zero-order chi connectivity index (χ0) is 9.47. The second-order valence-electron chi connectivity index (χ2n) is 5.14. The molecule has 1 aliphatic carbocycles. The second kappa shape index (κ2) is 3.25. The van der Waals surface area contributed by atoms with Gasteiger partial charge in [-0.25, -0.2) is 0 Å². The van der Waals surface area contributed by atoms with Gasteiger partial charge in [-0.15, -0.1) is 0 Å². The highest BCUT2D eigenvalue weighted by Gasteiger charge is 2.44. The fourth-order valence-electron chi connectivity index (χ4n) is 3.41. The maximum absolute atomic E-state index is 9.67. The van der Waals surface area contributed by atoms with Gasteiger partial charge >= 0.3 is 0 Å². The number of hydrogen-bond acceptors (Lipinski definition) is 2. The molecule has 0 spiro atoms. The van der Waals surface area contributed by atoms with Crippen LogP contribution in [0.15, 0.2) is 0 Å². The van der Waals surface area contributed by atoms with E-state index in [0.29, 0.717) is 5.92 Å². The molecule has 4 atom stereocenters. The van der Waals surface area contributed by atoms with Crippen molar-refractivity contribution in [2.75, 3.05) is 0 Å². The third kappa shape index (κ3) is 1.62. The van der Waals surface area contributed by atoms with Crippen molar-refractivity contribution in [2.24, 2.45) is 11.8 Å². The topological polar surface area (TPSA) is 32.3 Å². The summed E-state index contributed by atoms with van der Waals surface area (Å²) in [5, 5.41) is 13.1. The zero-order valence-electron chi connectivity index (χ0n) is 8.71. The molecule has 13 heavy (non-hydrogen) atoms. The van der Waals surface area contributed by atoms with E-state index in [1.165, 1.54) is 25.7 Å². The molecule has 76 valence electrons. The van der Waals surface area contributed by atoms with Gasteiger partial charge in [0, 0.05) is 5.54 Å². The Hall–Kier alpha value is -0.0800. The van der Waals surface area contributed by atoms with Gasteiger partial charge in [0.05, 0.1) is 0 Å². The van der Waals surface area contributed by atoms with Crippen LogP contribution in [0.25, 0.3) is 0 Å². The number of piperidine rings is 1. The summed E-state index contributed by atoms with van der Waals surface area (Å²) in [6, 6.07) is 0. The first-order chi connectivity index (χ1) is 6.12. The Morgan fingerprint density at radius 2 is 2.15 bits per heavy atom. The van der Waals surface area contributed by atoms with E-state index in [-0.39, 0.29) is 11.8 Å². The monoisotopic (exact) mass is 183 g/mol. The van der Waals surface area contributed by atoms with E-state index in [9.17, 15) is 5.11 Å². The number of aliphatic hydroxyl groups excluding tert-OH is 1. The molecule has 0 aromatic heterocycles. The molecule has 1 saturated heterocycles. The molecule has 0 radical (unpaired) electrons. The van der Waals surface area contributed by atoms with Gasteiger partial charge in [0.15, 0.2) is 0 Å². The van der Waals surface area contributed by atoms with Gasteiger partial charge in [0.2, 0.25) is 0 Å². The summed E-state index contributed by atoms with van der Waals surface area (Å²) in [5.74, 6) is 1.46. The summed E-state index contributed by atoms with van der Waals surface area (Å²) >= 11 is 0. The van der Waals surface area contributed by atoms with Crippen LogP contribution < -0.4 is 5.32 Å². The third-order valence-corrected chi connectivity index (χ3v) is 4.06. The molecular weight excluding hydrogens is 162 g/mol. The highest BCUT2D eigenvalue weighted by molar-refractivity contribution is 4.99. The fourth-order valence-corrected chi connectivity index (χ4v) is 3.41. The molecule has 0 bridgehead atoms. The predicted octanol–water partition coefficient (Wildman–Crippen LogP) is 1.88. The summed E-state index contributed by atoms with van der Waals surface area (Å²) in [6.45, 7) is 4.58. The van der Waals surface area contributed by atoms with E-state index in [1.807, 2.05) is 0 Å². The van der Waals surface area contributed by atoms with Crippen molar-refractivity contribution in [2.45, 2.75) is 57.7 Å². The van der Waals surface area contributed by atoms with Crippen molar-refractivity contribution in [3.05, 3.63) is 0 Å². The van der Waals surface area contributed by atoms with Crippen LogP contribution in [0.3, 0.4) is 0 Å². The smallest absolute Gasteiger partial charge is 0.105 e. The molecule has 2 rings (SSSR count). The molecule has 1 heterocycles. The standard InChI is InChI=1S/C11H21NO/c1-8-7-10(13)12-11(2)6-4-3-5-9(8)11/h8-10,12-13H,3-7H2,1-2H3. The lowest BCUT2D eigenvalue weighted by Crippen LogP contribution is -2.60. The van der Waals surface area contributed by atoms with Crippen LogP contribution in [-0.2, 0) is 0 Å². The first-order valence-electron chi connectivity index (χ1n) is 5.57. The van der Waals surface area contributed by atoms with Crippen molar-refractivity contribution in [3.63, 3.8) is 0 Å². The van der Waals surface area contributed by atoms with Crippen LogP contribution in [-0.4, -0.2) is 16.9 Å². The Balaban J connectivity index is 2.15. The predicted molar refractivity (Wildman–Crippen MR) is 53.3 cm³/mol. The molecular formula is C11H21NO. The van der Waals surface area contributed by atoms with Gasteiger partial charge in [0.25, 0.3) is 0 Å². The van der Waals surface area contributed by atoms with Crippen molar-refractivity contribution < 1.29 is 5.11 Å². The second-order valence-corrected chi connectivity index (χ2v) is 5.14. The van der Waals surface area contributed by atoms with Crippen molar-refractivity contribution in [1.82, 2.24) is 5.32 Å². The third-order valence-electron chi connectivity index (χ3n) is 4.06. The van der Waals surface area contributed by atoms with Crippen LogP contribution in [0.5, 0.6) is 0 Å². The van der Waals surface area contributed by atoms with Gasteiger partial charge < -0.3 is 5.11 Å². The lowest BCUT2D eigenvalue weighted by molar-refractivity contribution is -0.0318. The van der Waals surface area contributed by atoms with Gasteiger partial charge in [-0.05, 0) is 38.0 Å². The maximum atomic E-state index is 9.67. The van der Waals surface area contributed by atoms with E-state index in [4.69, 9.17) is 0 Å². The summed E-state index contributed by atoms with van der Waals surface area (Å²) < 4.78 is 0. The molecule has 2 aliphatic rings. The van der Waals surface area contributed by atoms with E-state index in [0.717, 1.165) is 12.3 Å². The summed E-state index contributed by atoms with van der Waals surface area (Å²) in [5.41, 5.74) is 0.218. The Morgan fingerprint density at radius 3 is 2.92 bits per heavy atom. The van der Waals surface area contributed by atoms with E-state index < -0.39 is 0 Å². The van der Waals surface area contributed by atoms with Crippen LogP contribution >= 0.6 is 0 Å². The highest BCUT2D eigenvalue weighted by Crippen LogP contribution is 2.42. The van der Waals surface area contributed by atoms with Crippen LogP contribution in [0.1, 0.15) is 46.0 Å². The normalized spacial score (nSPS) is 51.5. The van der Waals surface area contributed by atoms with Gasteiger partial charge in [0.1, 0.15) is 6.23 Å². The van der Waals surface area contributed by atoms with Crippen LogP contribution in [0.4, 0.5) is 0 Å². The van der Waals surface area contributed by atoms with E-state index >= 15 is 0 Å². The molecule has 4 unspecified atom stereocenters. The number of hydrogen-bond donors (Lipinski definition) is 2. The summed E-state index contributed by atoms with van der Waals surface area (Å²) in [6.07, 6.45) is 5.94. The van der Waals surface area contributed by atoms with Gasteiger partial charge in [-0.1, -0.05) is 19.8 Å². The first kappa shape index (κ1) is 9.47. The summed E-state index contributed by atoms with van der Waals surface area (Å²) in [4.78, 5) is 0. The lowest BCUT2D eigenvalue weighted by Gasteiger charge is -2.50. The minimum absolute atomic E-state index is 0.218. The zero-order valence-corrected chi connectivity index (χ0v) is 8.71. The van der Waals surface area contributed by atoms with E-state index in [1.54, 1.807) is 0 Å². The molecule has 0 amide bonds. The van der Waals surface area contributed by atoms with Gasteiger partial charge in [-0.3, -0.25) is 5.32 Å². The molecule has 2 N–H and O–H groups in total. The Labute approximate surface area is 80.7 Å².